The van der Waals surface area contributed by atoms with E-state index in [0.29, 0.717) is 19.1 Å². The Labute approximate surface area is 136 Å². The highest BCUT2D eigenvalue weighted by Gasteiger charge is 2.23. The van der Waals surface area contributed by atoms with Crippen molar-refractivity contribution in [1.29, 1.82) is 0 Å². The summed E-state index contributed by atoms with van der Waals surface area (Å²) in [6, 6.07) is 4.40. The first-order valence-electron chi connectivity index (χ1n) is 7.53. The van der Waals surface area contributed by atoms with Gasteiger partial charge in [-0.2, -0.15) is 0 Å². The van der Waals surface area contributed by atoms with Crippen LogP contribution in [0.1, 0.15) is 24.6 Å². The first-order valence-corrected chi connectivity index (χ1v) is 8.72. The van der Waals surface area contributed by atoms with Crippen molar-refractivity contribution < 1.29 is 4.79 Å². The molecule has 1 aromatic rings. The van der Waals surface area contributed by atoms with Gasteiger partial charge in [0.25, 0.3) is 0 Å². The number of hydrogen-bond donors (Lipinski definition) is 1. The zero-order valence-electron chi connectivity index (χ0n) is 12.8. The van der Waals surface area contributed by atoms with Crippen LogP contribution in [0.2, 0.25) is 4.34 Å². The van der Waals surface area contributed by atoms with Crippen LogP contribution in [-0.2, 0) is 11.3 Å². The van der Waals surface area contributed by atoms with Crippen LogP contribution in [0.4, 0.5) is 0 Å². The van der Waals surface area contributed by atoms with E-state index in [0.717, 1.165) is 41.7 Å². The van der Waals surface area contributed by atoms with Gasteiger partial charge < -0.3 is 10.2 Å². The van der Waals surface area contributed by atoms with Gasteiger partial charge in [0.15, 0.2) is 0 Å². The molecule has 0 spiro atoms. The molecule has 0 bridgehead atoms. The molecule has 118 valence electrons. The Bertz CT molecular complexity index is 460. The molecule has 0 aliphatic carbocycles. The van der Waals surface area contributed by atoms with Crippen LogP contribution >= 0.6 is 22.9 Å². The lowest BCUT2D eigenvalue weighted by atomic mass is 10.0. The van der Waals surface area contributed by atoms with Gasteiger partial charge in [-0.05, 0) is 44.6 Å². The summed E-state index contributed by atoms with van der Waals surface area (Å²) in [6.45, 7) is 6.32. The summed E-state index contributed by atoms with van der Waals surface area (Å²) in [5.74, 6) is 0.180. The van der Waals surface area contributed by atoms with E-state index in [-0.39, 0.29) is 5.91 Å². The van der Waals surface area contributed by atoms with Gasteiger partial charge in [-0.3, -0.25) is 9.69 Å². The number of likely N-dealkylation sites (N-methyl/N-ethyl adjacent to an activating group) is 2. The van der Waals surface area contributed by atoms with Crippen molar-refractivity contribution in [2.75, 3.05) is 33.2 Å². The molecular weight excluding hydrogens is 306 g/mol. The van der Waals surface area contributed by atoms with Gasteiger partial charge >= 0.3 is 0 Å². The lowest BCUT2D eigenvalue weighted by molar-refractivity contribution is -0.132. The molecule has 1 aliphatic heterocycles. The Morgan fingerprint density at radius 1 is 1.43 bits per heavy atom. The third-order valence-electron chi connectivity index (χ3n) is 4.02. The topological polar surface area (TPSA) is 35.6 Å². The Balaban J connectivity index is 1.86. The van der Waals surface area contributed by atoms with E-state index in [9.17, 15) is 4.79 Å². The lowest BCUT2D eigenvalue weighted by Crippen LogP contribution is -2.47. The molecule has 6 heteroatoms. The average Bonchev–Trinajstić information content (AvgIpc) is 2.90. The van der Waals surface area contributed by atoms with Gasteiger partial charge in [-0.1, -0.05) is 18.5 Å². The number of nitrogens with one attached hydrogen (secondary N) is 1. The number of thiophene rings is 1. The van der Waals surface area contributed by atoms with E-state index in [1.807, 2.05) is 19.2 Å². The minimum Gasteiger partial charge on any atom is -0.340 e. The van der Waals surface area contributed by atoms with E-state index in [1.165, 1.54) is 11.3 Å². The van der Waals surface area contributed by atoms with Crippen molar-refractivity contribution in [3.8, 4) is 0 Å². The number of nitrogens with zero attached hydrogens (tertiary/aromatic N) is 2. The molecule has 0 radical (unpaired) electrons. The van der Waals surface area contributed by atoms with E-state index in [2.05, 4.69) is 17.1 Å². The Hall–Kier alpha value is -0.620. The molecule has 2 heterocycles. The van der Waals surface area contributed by atoms with Gasteiger partial charge in [0, 0.05) is 18.0 Å². The molecule has 1 fully saturated rings. The van der Waals surface area contributed by atoms with Crippen molar-refractivity contribution in [1.82, 2.24) is 15.1 Å². The number of halogens is 1. The monoisotopic (exact) mass is 329 g/mol. The van der Waals surface area contributed by atoms with Gasteiger partial charge in [-0.25, -0.2) is 0 Å². The van der Waals surface area contributed by atoms with E-state index < -0.39 is 0 Å². The highest BCUT2D eigenvalue weighted by atomic mass is 35.5. The molecule has 0 aromatic carbocycles. The average molecular weight is 330 g/mol. The SMILES string of the molecule is CCN(CC(=O)N(C)Cc1ccc(Cl)s1)C1CCNCC1. The van der Waals surface area contributed by atoms with Gasteiger partial charge in [0.1, 0.15) is 0 Å². The third kappa shape index (κ3) is 4.95. The Kier molecular flexibility index (Phi) is 6.48. The molecule has 2 rings (SSSR count). The molecule has 21 heavy (non-hydrogen) atoms. The zero-order valence-corrected chi connectivity index (χ0v) is 14.3. The third-order valence-corrected chi connectivity index (χ3v) is 5.23. The number of amides is 1. The Morgan fingerprint density at radius 2 is 2.14 bits per heavy atom. The fourth-order valence-electron chi connectivity index (χ4n) is 2.72. The molecule has 0 saturated carbocycles. The van der Waals surface area contributed by atoms with Crippen LogP contribution in [0.3, 0.4) is 0 Å². The van der Waals surface area contributed by atoms with Crippen LogP contribution in [-0.4, -0.2) is 55.0 Å². The summed E-state index contributed by atoms with van der Waals surface area (Å²) in [6.07, 6.45) is 2.26. The number of rotatable bonds is 6. The molecule has 1 amide bonds. The second kappa shape index (κ2) is 8.13. The molecule has 1 saturated heterocycles. The molecule has 1 aliphatic rings. The number of piperidine rings is 1. The highest BCUT2D eigenvalue weighted by molar-refractivity contribution is 7.16. The zero-order chi connectivity index (χ0) is 15.2. The summed E-state index contributed by atoms with van der Waals surface area (Å²) in [7, 11) is 1.87. The van der Waals surface area contributed by atoms with E-state index in [1.54, 1.807) is 4.90 Å². The Morgan fingerprint density at radius 3 is 2.71 bits per heavy atom. The van der Waals surface area contributed by atoms with E-state index >= 15 is 0 Å². The smallest absolute Gasteiger partial charge is 0.236 e. The summed E-state index contributed by atoms with van der Waals surface area (Å²) in [5, 5.41) is 3.37. The van der Waals surface area contributed by atoms with Crippen LogP contribution < -0.4 is 5.32 Å². The van der Waals surface area contributed by atoms with Gasteiger partial charge in [0.2, 0.25) is 5.91 Å². The standard InChI is InChI=1S/C15H24ClN3OS/c1-3-19(12-6-8-17-9-7-12)11-15(20)18(2)10-13-4-5-14(16)21-13/h4-5,12,17H,3,6-11H2,1-2H3. The van der Waals surface area contributed by atoms with Crippen molar-refractivity contribution >= 4 is 28.8 Å². The molecular formula is C15H24ClN3OS. The van der Waals surface area contributed by atoms with Crippen molar-refractivity contribution in [3.05, 3.63) is 21.3 Å². The fourth-order valence-corrected chi connectivity index (χ4v) is 3.87. The quantitative estimate of drug-likeness (QED) is 0.870. The summed E-state index contributed by atoms with van der Waals surface area (Å²) in [5.41, 5.74) is 0. The predicted octanol–water partition coefficient (Wildman–Crippen LogP) is 2.43. The van der Waals surface area contributed by atoms with E-state index in [4.69, 9.17) is 11.6 Å². The summed E-state index contributed by atoms with van der Waals surface area (Å²) < 4.78 is 0.774. The molecule has 4 nitrogen and oxygen atoms in total. The first kappa shape index (κ1) is 16.7. The van der Waals surface area contributed by atoms with Crippen LogP contribution in [0, 0.1) is 0 Å². The number of hydrogen-bond acceptors (Lipinski definition) is 4. The molecule has 1 aromatic heterocycles. The molecule has 0 unspecified atom stereocenters. The first-order chi connectivity index (χ1) is 10.1. The predicted molar refractivity (Wildman–Crippen MR) is 88.9 cm³/mol. The summed E-state index contributed by atoms with van der Waals surface area (Å²) >= 11 is 7.47. The normalized spacial score (nSPS) is 16.4. The van der Waals surface area contributed by atoms with Gasteiger partial charge in [0.05, 0.1) is 17.4 Å². The fraction of sp³-hybridized carbons (Fsp3) is 0.667. The van der Waals surface area contributed by atoms with Crippen LogP contribution in [0.15, 0.2) is 12.1 Å². The summed E-state index contributed by atoms with van der Waals surface area (Å²) in [4.78, 5) is 17.6. The van der Waals surface area contributed by atoms with Crippen LogP contribution in [0.25, 0.3) is 0 Å². The second-order valence-corrected chi connectivity index (χ2v) is 7.30. The minimum atomic E-state index is 0.180. The maximum Gasteiger partial charge on any atom is 0.236 e. The van der Waals surface area contributed by atoms with Crippen molar-refractivity contribution in [2.24, 2.45) is 0 Å². The maximum atomic E-state index is 12.4. The minimum absolute atomic E-state index is 0.180. The largest absolute Gasteiger partial charge is 0.340 e. The van der Waals surface area contributed by atoms with Crippen molar-refractivity contribution in [3.63, 3.8) is 0 Å². The molecule has 1 N–H and O–H groups in total. The highest BCUT2D eigenvalue weighted by Crippen LogP contribution is 2.22. The molecule has 0 atom stereocenters. The van der Waals surface area contributed by atoms with Crippen molar-refractivity contribution in [2.45, 2.75) is 32.4 Å². The van der Waals surface area contributed by atoms with Gasteiger partial charge in [-0.15, -0.1) is 11.3 Å². The maximum absolute atomic E-state index is 12.4. The second-order valence-electron chi connectivity index (χ2n) is 5.50. The number of carbonyl (C=O) groups excluding carboxylic acids is 1. The number of carbonyl (C=O) groups is 1. The lowest BCUT2D eigenvalue weighted by Gasteiger charge is -2.34. The van der Waals surface area contributed by atoms with Crippen LogP contribution in [0.5, 0.6) is 0 Å².